The summed E-state index contributed by atoms with van der Waals surface area (Å²) < 4.78 is 24.6. The van der Waals surface area contributed by atoms with E-state index in [9.17, 15) is 13.2 Å². The first-order valence-corrected chi connectivity index (χ1v) is 8.99. The van der Waals surface area contributed by atoms with E-state index in [4.69, 9.17) is 0 Å². The summed E-state index contributed by atoms with van der Waals surface area (Å²) in [4.78, 5) is 12.0. The largest absolute Gasteiger partial charge is 0.325 e. The maximum absolute atomic E-state index is 12.0. The van der Waals surface area contributed by atoms with Gasteiger partial charge in [0.15, 0.2) is 0 Å². The van der Waals surface area contributed by atoms with Crippen LogP contribution < -0.4 is 5.32 Å². The average Bonchev–Trinajstić information content (AvgIpc) is 2.39. The van der Waals surface area contributed by atoms with Crippen LogP contribution in [-0.2, 0) is 14.8 Å². The van der Waals surface area contributed by atoms with Gasteiger partial charge in [0.25, 0.3) is 0 Å². The number of hydrogen-bond donors (Lipinski definition) is 1. The van der Waals surface area contributed by atoms with Gasteiger partial charge in [-0.2, -0.15) is 4.31 Å². The minimum absolute atomic E-state index is 0.142. The molecule has 1 N–H and O–H groups in total. The first kappa shape index (κ1) is 17.7. The van der Waals surface area contributed by atoms with E-state index in [1.165, 1.54) is 4.31 Å². The van der Waals surface area contributed by atoms with Gasteiger partial charge in [0.2, 0.25) is 15.9 Å². The topological polar surface area (TPSA) is 66.5 Å². The molecule has 0 saturated carbocycles. The quantitative estimate of drug-likeness (QED) is 0.750. The molecule has 118 valence electrons. The third kappa shape index (κ3) is 6.73. The SMILES string of the molecule is CCCCCN(CC(=O)Nc1ccc(C)cc1)S(C)(=O)=O. The van der Waals surface area contributed by atoms with Crippen molar-refractivity contribution in [3.63, 3.8) is 0 Å². The molecular formula is C15H24N2O3S. The number of carbonyl (C=O) groups excluding carboxylic acids is 1. The summed E-state index contributed by atoms with van der Waals surface area (Å²) >= 11 is 0. The van der Waals surface area contributed by atoms with Crippen LogP contribution in [0.15, 0.2) is 24.3 Å². The lowest BCUT2D eigenvalue weighted by Gasteiger charge is -2.19. The molecule has 0 spiro atoms. The van der Waals surface area contributed by atoms with Crippen LogP contribution in [0.5, 0.6) is 0 Å². The van der Waals surface area contributed by atoms with Crippen molar-refractivity contribution in [3.8, 4) is 0 Å². The fraction of sp³-hybridized carbons (Fsp3) is 0.533. The summed E-state index contributed by atoms with van der Waals surface area (Å²) in [6, 6.07) is 7.39. The normalized spacial score (nSPS) is 11.6. The molecule has 1 rings (SSSR count). The van der Waals surface area contributed by atoms with Gasteiger partial charge in [-0.15, -0.1) is 0 Å². The average molecular weight is 312 g/mol. The Kier molecular flexibility index (Phi) is 6.84. The molecule has 5 nitrogen and oxygen atoms in total. The van der Waals surface area contributed by atoms with E-state index >= 15 is 0 Å². The second kappa shape index (κ2) is 8.14. The van der Waals surface area contributed by atoms with E-state index in [-0.39, 0.29) is 12.5 Å². The molecule has 0 saturated heterocycles. The van der Waals surface area contributed by atoms with Crippen LogP contribution in [0.25, 0.3) is 0 Å². The van der Waals surface area contributed by atoms with Gasteiger partial charge >= 0.3 is 0 Å². The molecule has 6 heteroatoms. The standard InChI is InChI=1S/C15H24N2O3S/c1-4-5-6-11-17(21(3,19)20)12-15(18)16-14-9-7-13(2)8-10-14/h7-10H,4-6,11-12H2,1-3H3,(H,16,18). The second-order valence-corrected chi connectivity index (χ2v) is 7.20. The van der Waals surface area contributed by atoms with Crippen LogP contribution in [0.4, 0.5) is 5.69 Å². The Balaban J connectivity index is 2.61. The van der Waals surface area contributed by atoms with Gasteiger partial charge in [-0.1, -0.05) is 37.5 Å². The number of nitrogens with zero attached hydrogens (tertiary/aromatic N) is 1. The molecule has 0 heterocycles. The number of aryl methyl sites for hydroxylation is 1. The van der Waals surface area contributed by atoms with Crippen molar-refractivity contribution in [2.24, 2.45) is 0 Å². The number of hydrogen-bond acceptors (Lipinski definition) is 3. The predicted molar refractivity (Wildman–Crippen MR) is 85.8 cm³/mol. The molecule has 0 unspecified atom stereocenters. The molecule has 0 fully saturated rings. The van der Waals surface area contributed by atoms with Crippen LogP contribution >= 0.6 is 0 Å². The van der Waals surface area contributed by atoms with Crippen molar-refractivity contribution < 1.29 is 13.2 Å². The van der Waals surface area contributed by atoms with E-state index in [1.807, 2.05) is 19.1 Å². The molecule has 1 aromatic carbocycles. The van der Waals surface area contributed by atoms with E-state index in [2.05, 4.69) is 12.2 Å². The number of amides is 1. The zero-order valence-electron chi connectivity index (χ0n) is 12.9. The first-order valence-electron chi connectivity index (χ1n) is 7.14. The van der Waals surface area contributed by atoms with Crippen molar-refractivity contribution in [1.82, 2.24) is 4.31 Å². The maximum atomic E-state index is 12.0. The number of nitrogens with one attached hydrogen (secondary N) is 1. The van der Waals surface area contributed by atoms with Gasteiger partial charge in [0.05, 0.1) is 12.8 Å². The molecule has 1 aromatic rings. The van der Waals surface area contributed by atoms with Gasteiger partial charge in [-0.3, -0.25) is 4.79 Å². The molecule has 0 aliphatic heterocycles. The molecule has 0 aliphatic carbocycles. The van der Waals surface area contributed by atoms with Crippen LogP contribution in [0.1, 0.15) is 31.7 Å². The Morgan fingerprint density at radius 1 is 1.19 bits per heavy atom. The summed E-state index contributed by atoms with van der Waals surface area (Å²) in [6.07, 6.45) is 3.86. The fourth-order valence-corrected chi connectivity index (χ4v) is 2.71. The van der Waals surface area contributed by atoms with Crippen molar-refractivity contribution in [3.05, 3.63) is 29.8 Å². The Hall–Kier alpha value is -1.40. The lowest BCUT2D eigenvalue weighted by Crippen LogP contribution is -2.38. The number of rotatable bonds is 8. The Bertz CT molecular complexity index is 553. The zero-order valence-corrected chi connectivity index (χ0v) is 13.7. The van der Waals surface area contributed by atoms with E-state index in [1.54, 1.807) is 12.1 Å². The van der Waals surface area contributed by atoms with Crippen molar-refractivity contribution in [2.75, 3.05) is 24.7 Å². The molecular weight excluding hydrogens is 288 g/mol. The highest BCUT2D eigenvalue weighted by atomic mass is 32.2. The highest BCUT2D eigenvalue weighted by Crippen LogP contribution is 2.09. The smallest absolute Gasteiger partial charge is 0.239 e. The highest BCUT2D eigenvalue weighted by molar-refractivity contribution is 7.88. The maximum Gasteiger partial charge on any atom is 0.239 e. The highest BCUT2D eigenvalue weighted by Gasteiger charge is 2.19. The molecule has 1 amide bonds. The van der Waals surface area contributed by atoms with Gasteiger partial charge in [0, 0.05) is 12.2 Å². The Morgan fingerprint density at radius 3 is 2.33 bits per heavy atom. The van der Waals surface area contributed by atoms with Crippen LogP contribution in [-0.4, -0.2) is 38.0 Å². The Morgan fingerprint density at radius 2 is 1.81 bits per heavy atom. The summed E-state index contributed by atoms with van der Waals surface area (Å²) in [5.41, 5.74) is 1.78. The lowest BCUT2D eigenvalue weighted by atomic mass is 10.2. The molecule has 0 radical (unpaired) electrons. The summed E-state index contributed by atoms with van der Waals surface area (Å²) in [5, 5.41) is 2.72. The predicted octanol–water partition coefficient (Wildman–Crippen LogP) is 2.39. The number of unbranched alkanes of at least 4 members (excludes halogenated alkanes) is 2. The van der Waals surface area contributed by atoms with Crippen LogP contribution in [0.3, 0.4) is 0 Å². The van der Waals surface area contributed by atoms with E-state index in [0.29, 0.717) is 12.2 Å². The summed E-state index contributed by atoms with van der Waals surface area (Å²) in [7, 11) is -3.37. The Labute approximate surface area is 127 Å². The molecule has 0 bridgehead atoms. The number of carbonyl (C=O) groups is 1. The number of benzene rings is 1. The van der Waals surface area contributed by atoms with E-state index in [0.717, 1.165) is 31.1 Å². The third-order valence-electron chi connectivity index (χ3n) is 3.14. The van der Waals surface area contributed by atoms with Gasteiger partial charge in [0.1, 0.15) is 0 Å². The first-order chi connectivity index (χ1) is 9.82. The van der Waals surface area contributed by atoms with Crippen LogP contribution in [0.2, 0.25) is 0 Å². The van der Waals surface area contributed by atoms with Crippen molar-refractivity contribution in [1.29, 1.82) is 0 Å². The molecule has 21 heavy (non-hydrogen) atoms. The van der Waals surface area contributed by atoms with Gasteiger partial charge in [-0.05, 0) is 25.5 Å². The minimum atomic E-state index is -3.37. The van der Waals surface area contributed by atoms with Gasteiger partial charge in [-0.25, -0.2) is 8.42 Å². The number of anilines is 1. The second-order valence-electron chi connectivity index (χ2n) is 5.22. The van der Waals surface area contributed by atoms with Crippen molar-refractivity contribution in [2.45, 2.75) is 33.1 Å². The van der Waals surface area contributed by atoms with Crippen LogP contribution in [0, 0.1) is 6.92 Å². The zero-order chi connectivity index (χ0) is 15.9. The summed E-state index contributed by atoms with van der Waals surface area (Å²) in [5.74, 6) is -0.319. The lowest BCUT2D eigenvalue weighted by molar-refractivity contribution is -0.116. The van der Waals surface area contributed by atoms with Gasteiger partial charge < -0.3 is 5.32 Å². The summed E-state index contributed by atoms with van der Waals surface area (Å²) in [6.45, 7) is 4.25. The fourth-order valence-electron chi connectivity index (χ4n) is 1.90. The molecule has 0 aliphatic rings. The molecule has 0 aromatic heterocycles. The minimum Gasteiger partial charge on any atom is -0.325 e. The van der Waals surface area contributed by atoms with E-state index < -0.39 is 10.0 Å². The number of sulfonamides is 1. The third-order valence-corrected chi connectivity index (χ3v) is 4.39. The van der Waals surface area contributed by atoms with Crippen molar-refractivity contribution >= 4 is 21.6 Å². The monoisotopic (exact) mass is 312 g/mol. The molecule has 0 atom stereocenters.